The van der Waals surface area contributed by atoms with Gasteiger partial charge in [-0.2, -0.15) is 0 Å². The van der Waals surface area contributed by atoms with Crippen molar-refractivity contribution in [2.24, 2.45) is 5.41 Å². The number of likely N-dealkylation sites (tertiary alicyclic amines) is 1. The molecule has 0 radical (unpaired) electrons. The Kier molecular flexibility index (Phi) is 4.64. The van der Waals surface area contributed by atoms with Gasteiger partial charge in [-0.25, -0.2) is 0 Å². The smallest absolute Gasteiger partial charge is 0.139 e. The normalized spacial score (nSPS) is 22.4. The lowest BCUT2D eigenvalue weighted by molar-refractivity contribution is -0.128. The first-order chi connectivity index (χ1) is 8.78. The molecule has 0 atom stereocenters. The third-order valence-electron chi connectivity index (χ3n) is 4.71. The summed E-state index contributed by atoms with van der Waals surface area (Å²) < 4.78 is 0. The van der Waals surface area contributed by atoms with Gasteiger partial charge < -0.3 is 0 Å². The summed E-state index contributed by atoms with van der Waals surface area (Å²) in [6.45, 7) is 3.20. The lowest BCUT2D eigenvalue weighted by Crippen LogP contribution is -2.41. The Morgan fingerprint density at radius 1 is 1.05 bits per heavy atom. The van der Waals surface area contributed by atoms with E-state index in [1.54, 1.807) is 0 Å². The number of benzene rings is 1. The highest BCUT2D eigenvalue weighted by atomic mass is 35.5. The zero-order chi connectivity index (χ0) is 12.4. The number of carbonyl (C=O) groups is 1. The van der Waals surface area contributed by atoms with Crippen LogP contribution in [0.1, 0.15) is 37.7 Å². The van der Waals surface area contributed by atoms with E-state index in [2.05, 4.69) is 35.2 Å². The Labute approximate surface area is 121 Å². The Hall–Kier alpha value is -0.860. The van der Waals surface area contributed by atoms with Gasteiger partial charge in [0.2, 0.25) is 0 Å². The molecule has 1 aliphatic heterocycles. The molecule has 1 aromatic carbocycles. The average Bonchev–Trinajstić information content (AvgIpc) is 2.75. The fourth-order valence-corrected chi connectivity index (χ4v) is 3.50. The Bertz CT molecular complexity index is 424. The standard InChI is InChI=1S/C16H21NO.ClH/c18-15-7-4-8-16(15)9-11-17(12-10-16)13-14-5-2-1-3-6-14;/h1-3,5-6H,4,7-13H2;1H. The minimum absolute atomic E-state index is 0. The number of hydrogen-bond acceptors (Lipinski definition) is 2. The van der Waals surface area contributed by atoms with E-state index in [0.717, 1.165) is 51.7 Å². The predicted molar refractivity (Wildman–Crippen MR) is 79.5 cm³/mol. The van der Waals surface area contributed by atoms with Crippen molar-refractivity contribution in [1.29, 1.82) is 0 Å². The van der Waals surface area contributed by atoms with Gasteiger partial charge in [-0.1, -0.05) is 30.3 Å². The van der Waals surface area contributed by atoms with Crippen LogP contribution >= 0.6 is 12.4 Å². The van der Waals surface area contributed by atoms with Gasteiger partial charge in [0.15, 0.2) is 0 Å². The molecule has 2 fully saturated rings. The Morgan fingerprint density at radius 3 is 2.32 bits per heavy atom. The van der Waals surface area contributed by atoms with E-state index < -0.39 is 0 Å². The maximum atomic E-state index is 12.0. The van der Waals surface area contributed by atoms with E-state index in [0.29, 0.717) is 5.78 Å². The van der Waals surface area contributed by atoms with Crippen molar-refractivity contribution in [3.63, 3.8) is 0 Å². The van der Waals surface area contributed by atoms with Gasteiger partial charge in [-0.3, -0.25) is 9.69 Å². The van der Waals surface area contributed by atoms with Crippen LogP contribution in [0.5, 0.6) is 0 Å². The molecule has 0 bridgehead atoms. The molecule has 1 saturated heterocycles. The molecule has 0 amide bonds. The third kappa shape index (κ3) is 3.01. The number of nitrogens with zero attached hydrogens (tertiary/aromatic N) is 1. The third-order valence-corrected chi connectivity index (χ3v) is 4.71. The minimum atomic E-state index is 0. The van der Waals surface area contributed by atoms with Crippen LogP contribution in [0.3, 0.4) is 0 Å². The van der Waals surface area contributed by atoms with Crippen molar-refractivity contribution in [1.82, 2.24) is 4.90 Å². The first-order valence-electron chi connectivity index (χ1n) is 7.08. The first-order valence-corrected chi connectivity index (χ1v) is 7.08. The van der Waals surface area contributed by atoms with Crippen LogP contribution in [-0.4, -0.2) is 23.8 Å². The second kappa shape index (κ2) is 6.06. The zero-order valence-corrected chi connectivity index (χ0v) is 12.1. The summed E-state index contributed by atoms with van der Waals surface area (Å²) in [7, 11) is 0. The van der Waals surface area contributed by atoms with Crippen molar-refractivity contribution in [2.45, 2.75) is 38.6 Å². The zero-order valence-electron chi connectivity index (χ0n) is 11.3. The van der Waals surface area contributed by atoms with Gasteiger partial charge in [0.05, 0.1) is 0 Å². The van der Waals surface area contributed by atoms with Crippen LogP contribution in [0.15, 0.2) is 30.3 Å². The second-order valence-electron chi connectivity index (χ2n) is 5.82. The van der Waals surface area contributed by atoms with Crippen LogP contribution < -0.4 is 0 Å². The molecule has 104 valence electrons. The SMILES string of the molecule is Cl.O=C1CCCC12CCN(Cc1ccccc1)CC2. The highest BCUT2D eigenvalue weighted by Crippen LogP contribution is 2.43. The van der Waals surface area contributed by atoms with Gasteiger partial charge in [0.25, 0.3) is 0 Å². The summed E-state index contributed by atoms with van der Waals surface area (Å²) in [5, 5.41) is 0. The number of Topliss-reactive ketones (excluding diaryl/α,β-unsaturated/α-hetero) is 1. The predicted octanol–water partition coefficient (Wildman–Crippen LogP) is 3.44. The van der Waals surface area contributed by atoms with Crippen LogP contribution in [-0.2, 0) is 11.3 Å². The number of carbonyl (C=O) groups excluding carboxylic acids is 1. The molecule has 0 N–H and O–H groups in total. The topological polar surface area (TPSA) is 20.3 Å². The molecule has 0 unspecified atom stereocenters. The minimum Gasteiger partial charge on any atom is -0.299 e. The molecule has 1 heterocycles. The van der Waals surface area contributed by atoms with Crippen LogP contribution in [0.4, 0.5) is 0 Å². The lowest BCUT2D eigenvalue weighted by atomic mass is 9.76. The Balaban J connectivity index is 0.00000133. The van der Waals surface area contributed by atoms with Crippen molar-refractivity contribution < 1.29 is 4.79 Å². The Morgan fingerprint density at radius 2 is 1.74 bits per heavy atom. The average molecular weight is 280 g/mol. The summed E-state index contributed by atoms with van der Waals surface area (Å²) in [5.41, 5.74) is 1.46. The van der Waals surface area contributed by atoms with Crippen molar-refractivity contribution in [3.05, 3.63) is 35.9 Å². The summed E-state index contributed by atoms with van der Waals surface area (Å²) in [6, 6.07) is 10.6. The number of hydrogen-bond donors (Lipinski definition) is 0. The molecular formula is C16H22ClNO. The molecule has 3 rings (SSSR count). The fraction of sp³-hybridized carbons (Fsp3) is 0.562. The first kappa shape index (κ1) is 14.5. The number of halogens is 1. The summed E-state index contributed by atoms with van der Waals surface area (Å²) >= 11 is 0. The van der Waals surface area contributed by atoms with Crippen molar-refractivity contribution >= 4 is 18.2 Å². The molecular weight excluding hydrogens is 258 g/mol. The van der Waals surface area contributed by atoms with E-state index in [9.17, 15) is 4.79 Å². The van der Waals surface area contributed by atoms with Crippen molar-refractivity contribution in [2.75, 3.05) is 13.1 Å². The molecule has 2 aliphatic rings. The van der Waals surface area contributed by atoms with Crippen LogP contribution in [0.25, 0.3) is 0 Å². The molecule has 2 nitrogen and oxygen atoms in total. The van der Waals surface area contributed by atoms with Crippen molar-refractivity contribution in [3.8, 4) is 0 Å². The summed E-state index contributed by atoms with van der Waals surface area (Å²) in [5.74, 6) is 0.543. The number of piperidine rings is 1. The number of ketones is 1. The van der Waals surface area contributed by atoms with E-state index in [4.69, 9.17) is 0 Å². The van der Waals surface area contributed by atoms with Gasteiger partial charge in [-0.15, -0.1) is 12.4 Å². The number of rotatable bonds is 2. The molecule has 19 heavy (non-hydrogen) atoms. The molecule has 1 aliphatic carbocycles. The summed E-state index contributed by atoms with van der Waals surface area (Å²) in [6.07, 6.45) is 5.26. The summed E-state index contributed by atoms with van der Waals surface area (Å²) in [4.78, 5) is 14.5. The largest absolute Gasteiger partial charge is 0.299 e. The second-order valence-corrected chi connectivity index (χ2v) is 5.82. The van der Waals surface area contributed by atoms with E-state index in [-0.39, 0.29) is 17.8 Å². The quantitative estimate of drug-likeness (QED) is 0.826. The lowest BCUT2D eigenvalue weighted by Gasteiger charge is -2.38. The van der Waals surface area contributed by atoms with E-state index >= 15 is 0 Å². The fourth-order valence-electron chi connectivity index (χ4n) is 3.50. The highest BCUT2D eigenvalue weighted by molar-refractivity contribution is 5.86. The maximum Gasteiger partial charge on any atom is 0.139 e. The molecule has 1 aromatic rings. The molecule has 1 saturated carbocycles. The van der Waals surface area contributed by atoms with Gasteiger partial charge >= 0.3 is 0 Å². The maximum absolute atomic E-state index is 12.0. The van der Waals surface area contributed by atoms with E-state index in [1.807, 2.05) is 0 Å². The monoisotopic (exact) mass is 279 g/mol. The van der Waals surface area contributed by atoms with Gasteiger partial charge in [0, 0.05) is 18.4 Å². The van der Waals surface area contributed by atoms with Crippen LogP contribution in [0.2, 0.25) is 0 Å². The van der Waals surface area contributed by atoms with E-state index in [1.165, 1.54) is 5.56 Å². The van der Waals surface area contributed by atoms with Gasteiger partial charge in [0.1, 0.15) is 5.78 Å². The van der Waals surface area contributed by atoms with Gasteiger partial charge in [-0.05, 0) is 44.3 Å². The highest BCUT2D eigenvalue weighted by Gasteiger charge is 2.43. The molecule has 1 spiro atoms. The molecule has 0 aromatic heterocycles. The molecule has 3 heteroatoms. The van der Waals surface area contributed by atoms with Crippen LogP contribution in [0, 0.1) is 5.41 Å².